The van der Waals surface area contributed by atoms with Crippen molar-refractivity contribution in [1.82, 2.24) is 9.88 Å². The second-order valence-corrected chi connectivity index (χ2v) is 10.1. The molecule has 0 radical (unpaired) electrons. The molecule has 0 saturated heterocycles. The van der Waals surface area contributed by atoms with Gasteiger partial charge in [-0.25, -0.2) is 0 Å². The van der Waals surface area contributed by atoms with Gasteiger partial charge in [0, 0.05) is 40.7 Å². The fourth-order valence-corrected chi connectivity index (χ4v) is 5.91. The zero-order valence-corrected chi connectivity index (χ0v) is 21.5. The molecule has 1 N–H and O–H groups in total. The smallest absolute Gasteiger partial charge is 0.281 e. The first-order chi connectivity index (χ1) is 17.6. The van der Waals surface area contributed by atoms with Crippen molar-refractivity contribution < 1.29 is 14.3 Å². The number of aryl methyl sites for hydroxylation is 1. The van der Waals surface area contributed by atoms with Crippen LogP contribution >= 0.6 is 23.1 Å². The minimum Gasteiger partial charge on any atom is -0.493 e. The van der Waals surface area contributed by atoms with E-state index in [4.69, 9.17) is 4.74 Å². The molecule has 0 atom stereocenters. The lowest BCUT2D eigenvalue weighted by atomic mass is 10.0. The van der Waals surface area contributed by atoms with E-state index in [1.165, 1.54) is 29.2 Å². The van der Waals surface area contributed by atoms with E-state index in [1.807, 2.05) is 49.4 Å². The summed E-state index contributed by atoms with van der Waals surface area (Å²) in [5.74, 6) is 1.04. The lowest BCUT2D eigenvalue weighted by molar-refractivity contribution is -0.111. The van der Waals surface area contributed by atoms with E-state index in [9.17, 15) is 14.9 Å². The number of pyridine rings is 1. The first-order valence-electron chi connectivity index (χ1n) is 11.7. The van der Waals surface area contributed by atoms with Crippen LogP contribution in [0.25, 0.3) is 6.08 Å². The molecule has 0 fully saturated rings. The monoisotopic (exact) mass is 518 g/mol. The number of thiophene rings is 1. The third-order valence-electron chi connectivity index (χ3n) is 5.61. The average Bonchev–Trinajstić information content (AvgIpc) is 3.24. The highest BCUT2D eigenvalue weighted by Gasteiger charge is 2.27. The Morgan fingerprint density at radius 1 is 1.28 bits per heavy atom. The summed E-state index contributed by atoms with van der Waals surface area (Å²) in [5, 5.41) is 13.1. The van der Waals surface area contributed by atoms with Crippen molar-refractivity contribution in [3.05, 3.63) is 82.0 Å². The Morgan fingerprint density at radius 2 is 2.11 bits per heavy atom. The van der Waals surface area contributed by atoms with Crippen LogP contribution in [-0.2, 0) is 24.2 Å². The predicted molar refractivity (Wildman–Crippen MR) is 144 cm³/mol. The number of carbonyl (C=O) groups excluding carboxylic acids is 2. The van der Waals surface area contributed by atoms with E-state index < -0.39 is 0 Å². The quantitative estimate of drug-likeness (QED) is 0.395. The number of anilines is 1. The summed E-state index contributed by atoms with van der Waals surface area (Å²) in [4.78, 5) is 32.4. The molecule has 184 valence electrons. The Hall–Kier alpha value is -3.61. The number of amides is 2. The number of hydrogen-bond donors (Lipinski definition) is 1. The Labute approximate surface area is 218 Å². The molecular weight excluding hydrogens is 492 g/mol. The molecule has 2 amide bonds. The van der Waals surface area contributed by atoms with Crippen molar-refractivity contribution in [3.8, 4) is 11.8 Å². The van der Waals surface area contributed by atoms with Crippen LogP contribution in [0.1, 0.15) is 34.2 Å². The van der Waals surface area contributed by atoms with Crippen LogP contribution in [0.15, 0.2) is 54.7 Å². The summed E-state index contributed by atoms with van der Waals surface area (Å²) < 4.78 is 5.59. The van der Waals surface area contributed by atoms with Gasteiger partial charge in [-0.2, -0.15) is 5.26 Å². The predicted octanol–water partition coefficient (Wildman–Crippen LogP) is 5.52. The second kappa shape index (κ2) is 12.4. The zero-order valence-electron chi connectivity index (χ0n) is 19.9. The van der Waals surface area contributed by atoms with Crippen LogP contribution in [0.4, 0.5) is 9.80 Å². The number of fused-ring (bicyclic) bond motifs is 1. The Balaban J connectivity index is 1.38. The van der Waals surface area contributed by atoms with Crippen molar-refractivity contribution in [2.45, 2.75) is 26.3 Å². The first-order valence-corrected chi connectivity index (χ1v) is 13.5. The van der Waals surface area contributed by atoms with Crippen molar-refractivity contribution in [2.24, 2.45) is 0 Å². The van der Waals surface area contributed by atoms with E-state index in [-0.39, 0.29) is 11.1 Å². The molecule has 1 aromatic carbocycles. The van der Waals surface area contributed by atoms with Crippen LogP contribution in [0, 0.1) is 11.3 Å². The first kappa shape index (κ1) is 25.5. The number of rotatable bonds is 8. The van der Waals surface area contributed by atoms with Crippen LogP contribution < -0.4 is 10.1 Å². The summed E-state index contributed by atoms with van der Waals surface area (Å²) in [7, 11) is 0. The van der Waals surface area contributed by atoms with Crippen molar-refractivity contribution in [2.75, 3.05) is 24.2 Å². The van der Waals surface area contributed by atoms with Crippen LogP contribution in [-0.4, -0.2) is 39.9 Å². The number of aromatic nitrogens is 1. The molecule has 0 unspecified atom stereocenters. The number of benzene rings is 1. The number of hydrogen-bond acceptors (Lipinski definition) is 7. The van der Waals surface area contributed by atoms with Crippen molar-refractivity contribution in [3.63, 3.8) is 0 Å². The molecule has 0 bridgehead atoms. The number of nitrogens with one attached hydrogen (secondary N) is 1. The molecule has 3 heterocycles. The maximum Gasteiger partial charge on any atom is 0.281 e. The molecule has 0 spiro atoms. The van der Waals surface area contributed by atoms with Gasteiger partial charge in [0.15, 0.2) is 0 Å². The van der Waals surface area contributed by atoms with Gasteiger partial charge in [0.2, 0.25) is 5.91 Å². The summed E-state index contributed by atoms with van der Waals surface area (Å²) in [6.45, 7) is 3.43. The van der Waals surface area contributed by atoms with Gasteiger partial charge in [0.25, 0.3) is 5.24 Å². The molecule has 7 nitrogen and oxygen atoms in total. The normalized spacial score (nSPS) is 12.7. The van der Waals surface area contributed by atoms with E-state index in [1.54, 1.807) is 17.2 Å². The Morgan fingerprint density at radius 3 is 2.89 bits per heavy atom. The van der Waals surface area contributed by atoms with Gasteiger partial charge < -0.3 is 15.0 Å². The van der Waals surface area contributed by atoms with Crippen LogP contribution in [0.3, 0.4) is 0 Å². The second-order valence-electron chi connectivity index (χ2n) is 7.97. The van der Waals surface area contributed by atoms with E-state index in [0.29, 0.717) is 48.2 Å². The lowest BCUT2D eigenvalue weighted by Gasteiger charge is -2.26. The summed E-state index contributed by atoms with van der Waals surface area (Å²) >= 11 is 2.65. The molecule has 0 aliphatic carbocycles. The number of carbonyl (C=O) groups is 2. The highest BCUT2D eigenvalue weighted by molar-refractivity contribution is 8.13. The van der Waals surface area contributed by atoms with Gasteiger partial charge in [-0.05, 0) is 49.6 Å². The molecule has 2 aromatic heterocycles. The fraction of sp³-hybridized carbons (Fsp3) is 0.259. The number of thioether (sulfide) groups is 1. The third-order valence-corrected chi connectivity index (χ3v) is 7.65. The maximum atomic E-state index is 12.8. The fourth-order valence-electron chi connectivity index (χ4n) is 3.87. The van der Waals surface area contributed by atoms with E-state index in [2.05, 4.69) is 16.4 Å². The molecule has 9 heteroatoms. The third kappa shape index (κ3) is 6.33. The molecule has 3 aromatic rings. The number of nitriles is 1. The van der Waals surface area contributed by atoms with Crippen molar-refractivity contribution in [1.29, 1.82) is 5.26 Å². The molecule has 4 rings (SSSR count). The summed E-state index contributed by atoms with van der Waals surface area (Å²) in [5.41, 5.74) is 3.18. The van der Waals surface area contributed by atoms with Gasteiger partial charge in [-0.15, -0.1) is 11.3 Å². The average molecular weight is 519 g/mol. The topological polar surface area (TPSA) is 95.3 Å². The van der Waals surface area contributed by atoms with Gasteiger partial charge in [-0.3, -0.25) is 14.6 Å². The highest BCUT2D eigenvalue weighted by Crippen LogP contribution is 2.37. The van der Waals surface area contributed by atoms with Gasteiger partial charge in [0.1, 0.15) is 16.8 Å². The molecule has 0 saturated carbocycles. The van der Waals surface area contributed by atoms with Gasteiger partial charge in [-0.1, -0.05) is 36.0 Å². The van der Waals surface area contributed by atoms with E-state index in [0.717, 1.165) is 28.1 Å². The van der Waals surface area contributed by atoms with Gasteiger partial charge in [0.05, 0.1) is 18.7 Å². The Kier molecular flexibility index (Phi) is 8.76. The lowest BCUT2D eigenvalue weighted by Crippen LogP contribution is -2.33. The minimum atomic E-state index is -0.325. The number of para-hydroxylation sites is 1. The van der Waals surface area contributed by atoms with Crippen molar-refractivity contribution >= 4 is 45.3 Å². The molecule has 1 aliphatic heterocycles. The minimum absolute atomic E-state index is 0.0185. The Bertz CT molecular complexity index is 1300. The molecule has 1 aliphatic rings. The molecular formula is C27H26N4O3S2. The summed E-state index contributed by atoms with van der Waals surface area (Å²) in [6.07, 6.45) is 6.21. The number of ether oxygens (including phenoxy) is 1. The maximum absolute atomic E-state index is 12.8. The number of nitrogens with zero attached hydrogens (tertiary/aromatic N) is 3. The van der Waals surface area contributed by atoms with Crippen LogP contribution in [0.5, 0.6) is 5.75 Å². The van der Waals surface area contributed by atoms with E-state index >= 15 is 0 Å². The summed E-state index contributed by atoms with van der Waals surface area (Å²) in [6, 6.07) is 15.5. The largest absolute Gasteiger partial charge is 0.493 e. The highest BCUT2D eigenvalue weighted by atomic mass is 32.2. The standard InChI is InChI=1S/C27H26N4O3S2/c1-2-34-23-9-4-3-7-19(23)10-11-25(32)30-26-22(17-28)21-12-15-31(18-24(21)36-26)27(33)35-16-13-20-8-5-6-14-29-20/h3-11,14H,2,12-13,15-16,18H2,1H3,(H,30,32)/b11-10+. The SMILES string of the molecule is CCOc1ccccc1/C=C/C(=O)Nc1sc2c(c1C#N)CCN(C(=O)SCCc1ccccn1)C2. The van der Waals surface area contributed by atoms with Crippen LogP contribution in [0.2, 0.25) is 0 Å². The zero-order chi connectivity index (χ0) is 25.3. The van der Waals surface area contributed by atoms with Gasteiger partial charge >= 0.3 is 0 Å². The molecule has 36 heavy (non-hydrogen) atoms.